The lowest BCUT2D eigenvalue weighted by molar-refractivity contribution is -0.174. The first-order valence-corrected chi connectivity index (χ1v) is 6.41. The van der Waals surface area contributed by atoms with Crippen molar-refractivity contribution in [1.29, 1.82) is 0 Å². The minimum Gasteiger partial charge on any atom is -0.458 e. The van der Waals surface area contributed by atoms with Crippen LogP contribution in [0.3, 0.4) is 0 Å². The molecule has 5 nitrogen and oxygen atoms in total. The number of rotatable bonds is 4. The van der Waals surface area contributed by atoms with Crippen LogP contribution in [-0.4, -0.2) is 41.3 Å². The SMILES string of the molecule is C=C[C@H]([C@H](O)C(=O)OC(C)(C)C)[C@H]1COC(C)(C)O1. The van der Waals surface area contributed by atoms with Crippen molar-refractivity contribution in [2.45, 2.75) is 58.2 Å². The van der Waals surface area contributed by atoms with Gasteiger partial charge in [-0.25, -0.2) is 4.79 Å². The van der Waals surface area contributed by atoms with Crippen molar-refractivity contribution in [2.75, 3.05) is 6.61 Å². The molecular weight excluding hydrogens is 248 g/mol. The number of esters is 1. The van der Waals surface area contributed by atoms with Gasteiger partial charge in [0.1, 0.15) is 5.60 Å². The van der Waals surface area contributed by atoms with E-state index in [0.29, 0.717) is 6.61 Å². The summed E-state index contributed by atoms with van der Waals surface area (Å²) in [5.41, 5.74) is -0.643. The third kappa shape index (κ3) is 4.60. The van der Waals surface area contributed by atoms with E-state index in [4.69, 9.17) is 14.2 Å². The van der Waals surface area contributed by atoms with Crippen LogP contribution in [-0.2, 0) is 19.0 Å². The van der Waals surface area contributed by atoms with E-state index in [1.165, 1.54) is 6.08 Å². The lowest BCUT2D eigenvalue weighted by Crippen LogP contribution is -2.41. The smallest absolute Gasteiger partial charge is 0.336 e. The molecule has 0 aromatic carbocycles. The highest BCUT2D eigenvalue weighted by Crippen LogP contribution is 2.29. The highest BCUT2D eigenvalue weighted by Gasteiger charge is 2.41. The van der Waals surface area contributed by atoms with Gasteiger partial charge in [-0.1, -0.05) is 6.08 Å². The minimum absolute atomic E-state index is 0.309. The molecule has 0 aromatic heterocycles. The third-order valence-electron chi connectivity index (χ3n) is 2.74. The van der Waals surface area contributed by atoms with Gasteiger partial charge in [-0.3, -0.25) is 0 Å². The topological polar surface area (TPSA) is 65.0 Å². The van der Waals surface area contributed by atoms with Gasteiger partial charge < -0.3 is 19.3 Å². The van der Waals surface area contributed by atoms with Crippen molar-refractivity contribution in [3.63, 3.8) is 0 Å². The Morgan fingerprint density at radius 2 is 2.11 bits per heavy atom. The van der Waals surface area contributed by atoms with Crippen molar-refractivity contribution in [3.05, 3.63) is 12.7 Å². The molecule has 1 heterocycles. The van der Waals surface area contributed by atoms with Crippen LogP contribution in [0.15, 0.2) is 12.7 Å². The molecule has 0 unspecified atom stereocenters. The van der Waals surface area contributed by atoms with Crippen LogP contribution in [0.5, 0.6) is 0 Å². The van der Waals surface area contributed by atoms with E-state index in [9.17, 15) is 9.90 Å². The van der Waals surface area contributed by atoms with E-state index in [-0.39, 0.29) is 0 Å². The van der Waals surface area contributed by atoms with Gasteiger partial charge in [0.05, 0.1) is 12.7 Å². The van der Waals surface area contributed by atoms with E-state index >= 15 is 0 Å². The molecule has 3 atom stereocenters. The number of ether oxygens (including phenoxy) is 3. The fourth-order valence-electron chi connectivity index (χ4n) is 1.91. The van der Waals surface area contributed by atoms with Gasteiger partial charge in [0, 0.05) is 5.92 Å². The molecule has 110 valence electrons. The first-order chi connectivity index (χ1) is 8.56. The van der Waals surface area contributed by atoms with Crippen molar-refractivity contribution in [2.24, 2.45) is 5.92 Å². The maximum absolute atomic E-state index is 11.9. The maximum atomic E-state index is 11.9. The molecule has 0 saturated carbocycles. The van der Waals surface area contributed by atoms with Crippen molar-refractivity contribution in [3.8, 4) is 0 Å². The number of aliphatic hydroxyl groups is 1. The zero-order valence-corrected chi connectivity index (χ0v) is 12.3. The molecule has 0 radical (unpaired) electrons. The van der Waals surface area contributed by atoms with E-state index in [1.807, 2.05) is 0 Å². The summed E-state index contributed by atoms with van der Waals surface area (Å²) in [6.45, 7) is 12.8. The van der Waals surface area contributed by atoms with Gasteiger partial charge in [0.2, 0.25) is 0 Å². The summed E-state index contributed by atoms with van der Waals surface area (Å²) in [4.78, 5) is 11.9. The lowest BCUT2D eigenvalue weighted by Gasteiger charge is -2.27. The average Bonchev–Trinajstić information content (AvgIpc) is 2.57. The Bertz CT molecular complexity index is 342. The van der Waals surface area contributed by atoms with Gasteiger partial charge in [0.25, 0.3) is 0 Å². The van der Waals surface area contributed by atoms with Gasteiger partial charge in [-0.2, -0.15) is 0 Å². The summed E-state index contributed by atoms with van der Waals surface area (Å²) in [6.07, 6.45) is -0.210. The summed E-state index contributed by atoms with van der Waals surface area (Å²) in [5, 5.41) is 10.1. The Labute approximate surface area is 114 Å². The summed E-state index contributed by atoms with van der Waals surface area (Å²) >= 11 is 0. The first kappa shape index (κ1) is 16.1. The van der Waals surface area contributed by atoms with E-state index in [2.05, 4.69) is 6.58 Å². The fourth-order valence-corrected chi connectivity index (χ4v) is 1.91. The van der Waals surface area contributed by atoms with E-state index < -0.39 is 35.5 Å². The van der Waals surface area contributed by atoms with Crippen LogP contribution in [0, 0.1) is 5.92 Å². The summed E-state index contributed by atoms with van der Waals surface area (Å²) in [6, 6.07) is 0. The highest BCUT2D eigenvalue weighted by atomic mass is 16.7. The summed E-state index contributed by atoms with van der Waals surface area (Å²) in [5.74, 6) is -1.94. The van der Waals surface area contributed by atoms with E-state index in [1.54, 1.807) is 34.6 Å². The maximum Gasteiger partial charge on any atom is 0.336 e. The van der Waals surface area contributed by atoms with Gasteiger partial charge in [0.15, 0.2) is 11.9 Å². The van der Waals surface area contributed by atoms with Gasteiger partial charge in [-0.15, -0.1) is 6.58 Å². The van der Waals surface area contributed by atoms with Crippen LogP contribution < -0.4 is 0 Å². The molecule has 1 fully saturated rings. The molecule has 1 aliphatic rings. The fraction of sp³-hybridized carbons (Fsp3) is 0.786. The standard InChI is InChI=1S/C14H24O5/c1-7-9(10-8-17-14(5,6)18-10)11(15)12(16)19-13(2,3)4/h7,9-11,15H,1,8H2,2-6H3/t9-,10+,11-/m0/s1. The van der Waals surface area contributed by atoms with Crippen LogP contribution in [0.25, 0.3) is 0 Å². The number of aliphatic hydroxyl groups excluding tert-OH is 1. The monoisotopic (exact) mass is 272 g/mol. The molecule has 1 aliphatic heterocycles. The molecule has 1 N–H and O–H groups in total. The molecule has 1 saturated heterocycles. The molecule has 5 heteroatoms. The number of carbonyl (C=O) groups is 1. The molecule has 1 rings (SSSR count). The lowest BCUT2D eigenvalue weighted by atomic mass is 9.96. The third-order valence-corrected chi connectivity index (χ3v) is 2.74. The number of hydrogen-bond donors (Lipinski definition) is 1. The minimum atomic E-state index is -1.31. The van der Waals surface area contributed by atoms with Crippen LogP contribution in [0.4, 0.5) is 0 Å². The van der Waals surface area contributed by atoms with Gasteiger partial charge in [-0.05, 0) is 34.6 Å². The largest absolute Gasteiger partial charge is 0.458 e. The van der Waals surface area contributed by atoms with Crippen LogP contribution in [0.1, 0.15) is 34.6 Å². The molecule has 0 aliphatic carbocycles. The second-order valence-corrected chi connectivity index (χ2v) is 6.16. The second-order valence-electron chi connectivity index (χ2n) is 6.16. The number of hydrogen-bond acceptors (Lipinski definition) is 5. The normalized spacial score (nSPS) is 25.7. The van der Waals surface area contributed by atoms with Gasteiger partial charge >= 0.3 is 5.97 Å². The predicted octanol–water partition coefficient (Wildman–Crippen LogP) is 1.64. The number of carbonyl (C=O) groups excluding carboxylic acids is 1. The Morgan fingerprint density at radius 3 is 2.47 bits per heavy atom. The quantitative estimate of drug-likeness (QED) is 0.622. The summed E-state index contributed by atoms with van der Waals surface area (Å²) in [7, 11) is 0. The molecular formula is C14H24O5. The Kier molecular flexibility index (Phi) is 4.76. The molecule has 19 heavy (non-hydrogen) atoms. The molecule has 0 bridgehead atoms. The van der Waals surface area contributed by atoms with Crippen LogP contribution >= 0.6 is 0 Å². The Morgan fingerprint density at radius 1 is 1.53 bits per heavy atom. The van der Waals surface area contributed by atoms with Crippen molar-refractivity contribution < 1.29 is 24.1 Å². The molecule has 0 amide bonds. The first-order valence-electron chi connectivity index (χ1n) is 6.41. The second kappa shape index (κ2) is 5.61. The zero-order valence-electron chi connectivity index (χ0n) is 12.3. The van der Waals surface area contributed by atoms with Crippen molar-refractivity contribution in [1.82, 2.24) is 0 Å². The molecule has 0 aromatic rings. The highest BCUT2D eigenvalue weighted by molar-refractivity contribution is 5.75. The van der Waals surface area contributed by atoms with Crippen molar-refractivity contribution >= 4 is 5.97 Å². The zero-order chi connectivity index (χ0) is 14.8. The Hall–Kier alpha value is -0.910. The molecule has 0 spiro atoms. The predicted molar refractivity (Wildman–Crippen MR) is 70.4 cm³/mol. The van der Waals surface area contributed by atoms with Crippen LogP contribution in [0.2, 0.25) is 0 Å². The average molecular weight is 272 g/mol. The van der Waals surface area contributed by atoms with E-state index in [0.717, 1.165) is 0 Å². The summed E-state index contributed by atoms with van der Waals surface area (Å²) < 4.78 is 16.2. The Balaban J connectivity index is 2.70.